The Labute approximate surface area is 175 Å². The Kier molecular flexibility index (Phi) is 13.0. The van der Waals surface area contributed by atoms with Crippen LogP contribution in [0.2, 0.25) is 0 Å². The third-order valence-corrected chi connectivity index (χ3v) is 4.15. The minimum atomic E-state index is -1.18. The lowest BCUT2D eigenvalue weighted by Gasteiger charge is -2.07. The van der Waals surface area contributed by atoms with Gasteiger partial charge in [-0.05, 0) is 36.0 Å². The van der Waals surface area contributed by atoms with Crippen LogP contribution in [0.1, 0.15) is 44.7 Å². The Bertz CT molecular complexity index is 764. The minimum Gasteiger partial charge on any atom is -0.494 e. The normalized spacial score (nSPS) is 11.2. The maximum atomic E-state index is 14.0. The molecule has 0 aliphatic carbocycles. The molecule has 0 bridgehead atoms. The summed E-state index contributed by atoms with van der Waals surface area (Å²) in [5, 5.41) is 0. The first-order chi connectivity index (χ1) is 13.8. The Hall–Kier alpha value is -2.68. The van der Waals surface area contributed by atoms with Crippen molar-refractivity contribution in [2.24, 2.45) is 0 Å². The molecule has 0 atom stereocenters. The van der Waals surface area contributed by atoms with E-state index in [2.05, 4.69) is 62.2 Å². The van der Waals surface area contributed by atoms with Crippen molar-refractivity contribution in [3.63, 3.8) is 0 Å². The van der Waals surface area contributed by atoms with Gasteiger partial charge < -0.3 is 4.74 Å². The Morgan fingerprint density at radius 3 is 1.90 bits per heavy atom. The molecule has 1 aromatic rings. The van der Waals surface area contributed by atoms with Crippen LogP contribution in [-0.4, -0.2) is 7.11 Å². The molecule has 3 heteroatoms. The molecule has 0 aliphatic rings. The maximum Gasteiger partial charge on any atom is 0.200 e. The van der Waals surface area contributed by atoms with E-state index in [0.717, 1.165) is 31.3 Å². The molecule has 1 nitrogen and oxygen atoms in total. The maximum absolute atomic E-state index is 14.0. The van der Waals surface area contributed by atoms with Gasteiger partial charge in [-0.1, -0.05) is 95.5 Å². The predicted octanol–water partition coefficient (Wildman–Crippen LogP) is 8.13. The molecule has 0 saturated heterocycles. The minimum absolute atomic E-state index is 0.152. The highest BCUT2D eigenvalue weighted by Gasteiger charge is 2.14. The van der Waals surface area contributed by atoms with Gasteiger partial charge in [0.1, 0.15) is 5.76 Å². The molecule has 0 aromatic heterocycles. The van der Waals surface area contributed by atoms with Crippen LogP contribution in [0.3, 0.4) is 0 Å². The lowest BCUT2D eigenvalue weighted by molar-refractivity contribution is 0.281. The van der Waals surface area contributed by atoms with Crippen LogP contribution in [-0.2, 0) is 17.6 Å². The van der Waals surface area contributed by atoms with Crippen LogP contribution in [0.5, 0.6) is 0 Å². The van der Waals surface area contributed by atoms with E-state index < -0.39 is 11.7 Å². The number of methoxy groups -OCH3 is 1. The largest absolute Gasteiger partial charge is 0.494 e. The summed E-state index contributed by atoms with van der Waals surface area (Å²) in [6.07, 6.45) is 7.17. The molecule has 1 rings (SSSR count). The van der Waals surface area contributed by atoms with E-state index in [1.54, 1.807) is 12.2 Å². The molecular formula is C26H34F2O. The van der Waals surface area contributed by atoms with Gasteiger partial charge in [0.2, 0.25) is 5.83 Å². The van der Waals surface area contributed by atoms with Crippen LogP contribution in [0.15, 0.2) is 96.9 Å². The average Bonchev–Trinajstić information content (AvgIpc) is 2.76. The summed E-state index contributed by atoms with van der Waals surface area (Å²) in [5.74, 6) is -2.70. The van der Waals surface area contributed by atoms with Crippen LogP contribution >= 0.6 is 0 Å². The van der Waals surface area contributed by atoms with Crippen molar-refractivity contribution >= 4 is 0 Å². The van der Waals surface area contributed by atoms with Gasteiger partial charge in [0.25, 0.3) is 0 Å². The molecule has 29 heavy (non-hydrogen) atoms. The molecule has 0 fully saturated rings. The monoisotopic (exact) mass is 400 g/mol. The number of halogens is 2. The second-order valence-electron chi connectivity index (χ2n) is 6.32. The van der Waals surface area contributed by atoms with Crippen molar-refractivity contribution in [2.45, 2.75) is 46.5 Å². The van der Waals surface area contributed by atoms with Crippen molar-refractivity contribution in [1.29, 1.82) is 0 Å². The highest BCUT2D eigenvalue weighted by Crippen LogP contribution is 2.26. The number of ether oxygens (including phenoxy) is 1. The molecular weight excluding hydrogens is 366 g/mol. The first-order valence-corrected chi connectivity index (χ1v) is 9.90. The topological polar surface area (TPSA) is 9.23 Å². The van der Waals surface area contributed by atoms with Gasteiger partial charge in [-0.3, -0.25) is 0 Å². The van der Waals surface area contributed by atoms with Crippen LogP contribution in [0.25, 0.3) is 0 Å². The van der Waals surface area contributed by atoms with Gasteiger partial charge in [0.15, 0.2) is 5.83 Å². The summed E-state index contributed by atoms with van der Waals surface area (Å²) in [6, 6.07) is 8.57. The van der Waals surface area contributed by atoms with Crippen molar-refractivity contribution in [3.05, 3.63) is 108 Å². The summed E-state index contributed by atoms with van der Waals surface area (Å²) in [5.41, 5.74) is 3.56. The van der Waals surface area contributed by atoms with E-state index in [1.165, 1.54) is 18.2 Å². The highest BCUT2D eigenvalue weighted by molar-refractivity contribution is 5.49. The van der Waals surface area contributed by atoms with Crippen molar-refractivity contribution in [1.82, 2.24) is 0 Å². The second-order valence-corrected chi connectivity index (χ2v) is 6.32. The van der Waals surface area contributed by atoms with Gasteiger partial charge in [0, 0.05) is 5.57 Å². The van der Waals surface area contributed by atoms with Crippen molar-refractivity contribution in [3.8, 4) is 0 Å². The van der Waals surface area contributed by atoms with Crippen LogP contribution in [0, 0.1) is 0 Å². The number of benzene rings is 1. The summed E-state index contributed by atoms with van der Waals surface area (Å²) < 4.78 is 32.3. The van der Waals surface area contributed by atoms with Gasteiger partial charge in [-0.2, -0.15) is 4.39 Å². The van der Waals surface area contributed by atoms with Gasteiger partial charge in [-0.15, -0.1) is 0 Å². The van der Waals surface area contributed by atoms with Crippen LogP contribution < -0.4 is 0 Å². The molecule has 0 radical (unpaired) electrons. The molecule has 0 heterocycles. The number of allylic oxidation sites excluding steroid dienone is 7. The lowest BCUT2D eigenvalue weighted by Crippen LogP contribution is -1.93. The molecule has 0 aliphatic heterocycles. The first kappa shape index (κ1) is 26.3. The summed E-state index contributed by atoms with van der Waals surface area (Å²) in [4.78, 5) is 0. The second kappa shape index (κ2) is 14.3. The van der Waals surface area contributed by atoms with E-state index in [-0.39, 0.29) is 16.9 Å². The fourth-order valence-electron chi connectivity index (χ4n) is 2.35. The van der Waals surface area contributed by atoms with Gasteiger partial charge >= 0.3 is 0 Å². The van der Waals surface area contributed by atoms with Gasteiger partial charge in [-0.25, -0.2) is 4.39 Å². The van der Waals surface area contributed by atoms with Gasteiger partial charge in [0.05, 0.1) is 7.11 Å². The van der Waals surface area contributed by atoms with Crippen molar-refractivity contribution < 1.29 is 13.5 Å². The quantitative estimate of drug-likeness (QED) is 0.269. The Morgan fingerprint density at radius 2 is 1.41 bits per heavy atom. The molecule has 0 N–H and O–H groups in total. The van der Waals surface area contributed by atoms with E-state index in [0.29, 0.717) is 0 Å². The van der Waals surface area contributed by atoms with Crippen LogP contribution in [0.4, 0.5) is 8.78 Å². The SMILES string of the molecule is C=C(/C=C\C(=C)C(=C)/C(F)=C(/F)C(=C)OC)CCc1ccc(CCC)cc1.CC. The number of aryl methyl sites for hydroxylation is 2. The van der Waals surface area contributed by atoms with E-state index in [4.69, 9.17) is 0 Å². The summed E-state index contributed by atoms with van der Waals surface area (Å²) in [6.45, 7) is 20.7. The Balaban J connectivity index is 0.00000379. The molecule has 0 spiro atoms. The van der Waals surface area contributed by atoms with E-state index >= 15 is 0 Å². The summed E-state index contributed by atoms with van der Waals surface area (Å²) in [7, 11) is 1.22. The number of hydrogen-bond donors (Lipinski definition) is 0. The van der Waals surface area contributed by atoms with E-state index in [9.17, 15) is 8.78 Å². The first-order valence-electron chi connectivity index (χ1n) is 9.90. The van der Waals surface area contributed by atoms with Crippen molar-refractivity contribution in [2.75, 3.05) is 7.11 Å². The number of hydrogen-bond acceptors (Lipinski definition) is 1. The average molecular weight is 401 g/mol. The molecule has 0 saturated carbocycles. The highest BCUT2D eigenvalue weighted by atomic mass is 19.2. The number of rotatable bonds is 11. The standard InChI is InChI=1S/C24H28F2O.C2H6/c1-7-8-21-13-15-22(16-14-21)12-10-17(2)9-11-18(3)19(4)23(25)24(26)20(5)27-6;1-2/h9,11,13-16H,2-5,7-8,10,12H2,1,6H3;1-2H3/b11-9-,24-23-;. The third kappa shape index (κ3) is 9.38. The van der Waals surface area contributed by atoms with E-state index in [1.807, 2.05) is 13.8 Å². The fraction of sp³-hybridized carbons (Fsp3) is 0.308. The lowest BCUT2D eigenvalue weighted by atomic mass is 10.0. The zero-order chi connectivity index (χ0) is 22.4. The zero-order valence-corrected chi connectivity index (χ0v) is 18.3. The molecule has 0 amide bonds. The molecule has 158 valence electrons. The zero-order valence-electron chi connectivity index (χ0n) is 18.3. The summed E-state index contributed by atoms with van der Waals surface area (Å²) >= 11 is 0. The fourth-order valence-corrected chi connectivity index (χ4v) is 2.35. The molecule has 1 aromatic carbocycles. The smallest absolute Gasteiger partial charge is 0.200 e. The molecule has 0 unspecified atom stereocenters. The predicted molar refractivity (Wildman–Crippen MR) is 122 cm³/mol. The Morgan fingerprint density at radius 1 is 0.897 bits per heavy atom. The third-order valence-electron chi connectivity index (χ3n) is 4.15.